The molecule has 4 heteroatoms. The molecule has 4 nitrogen and oxygen atoms in total. The topological polar surface area (TPSA) is 50.7 Å². The zero-order valence-corrected chi connectivity index (χ0v) is 12.6. The lowest BCUT2D eigenvalue weighted by Crippen LogP contribution is -2.38. The number of aromatic hydroxyl groups is 1. The third kappa shape index (κ3) is 3.64. The molecule has 1 aliphatic heterocycles. The molecule has 0 bridgehead atoms. The Morgan fingerprint density at radius 2 is 2.00 bits per heavy atom. The van der Waals surface area contributed by atoms with Crippen molar-refractivity contribution in [2.45, 2.75) is 38.8 Å². The van der Waals surface area contributed by atoms with Gasteiger partial charge in [0.15, 0.2) is 0 Å². The number of nitrogens with one attached hydrogen (secondary N) is 1. The lowest BCUT2D eigenvalue weighted by Gasteiger charge is -2.31. The molecule has 0 amide bonds. The number of rotatable bonds is 5. The highest BCUT2D eigenvalue weighted by Crippen LogP contribution is 2.29. The van der Waals surface area contributed by atoms with Crippen molar-refractivity contribution in [3.63, 3.8) is 0 Å². The molecule has 0 aliphatic carbocycles. The summed E-state index contributed by atoms with van der Waals surface area (Å²) >= 11 is 0. The van der Waals surface area contributed by atoms with Crippen LogP contribution in [-0.4, -0.2) is 31.5 Å². The molecule has 2 unspecified atom stereocenters. The minimum absolute atomic E-state index is 0.0861. The summed E-state index contributed by atoms with van der Waals surface area (Å²) in [7, 11) is 1.64. The van der Waals surface area contributed by atoms with Gasteiger partial charge in [0.1, 0.15) is 11.5 Å². The van der Waals surface area contributed by atoms with Crippen LogP contribution in [0.1, 0.15) is 38.3 Å². The number of benzene rings is 1. The molecule has 1 aromatic rings. The van der Waals surface area contributed by atoms with Crippen LogP contribution in [0.15, 0.2) is 18.2 Å². The Balaban J connectivity index is 2.01. The largest absolute Gasteiger partial charge is 0.508 e. The van der Waals surface area contributed by atoms with Crippen molar-refractivity contribution in [1.82, 2.24) is 5.32 Å². The number of methoxy groups -OCH3 is 1. The van der Waals surface area contributed by atoms with E-state index in [0.717, 1.165) is 37.4 Å². The third-order valence-electron chi connectivity index (χ3n) is 4.19. The van der Waals surface area contributed by atoms with E-state index in [2.05, 4.69) is 19.2 Å². The van der Waals surface area contributed by atoms with E-state index in [-0.39, 0.29) is 6.04 Å². The summed E-state index contributed by atoms with van der Waals surface area (Å²) in [5.41, 5.74) is 0.878. The standard InChI is InChI=1S/C16H25NO3/c1-11(13-6-8-20-9-7-13)17-12(2)15-10-14(19-3)4-5-16(15)18/h4-5,10-13,17-18H,6-9H2,1-3H3. The van der Waals surface area contributed by atoms with E-state index >= 15 is 0 Å². The SMILES string of the molecule is COc1ccc(O)c(C(C)NC(C)C2CCOCC2)c1. The van der Waals surface area contributed by atoms with Crippen molar-refractivity contribution in [3.05, 3.63) is 23.8 Å². The monoisotopic (exact) mass is 279 g/mol. The molecule has 112 valence electrons. The summed E-state index contributed by atoms with van der Waals surface area (Å²) in [6.45, 7) is 6.00. The Hall–Kier alpha value is -1.26. The van der Waals surface area contributed by atoms with Crippen LogP contribution in [0.5, 0.6) is 11.5 Å². The van der Waals surface area contributed by atoms with Crippen molar-refractivity contribution >= 4 is 0 Å². The molecule has 20 heavy (non-hydrogen) atoms. The Morgan fingerprint density at radius 3 is 2.65 bits per heavy atom. The lowest BCUT2D eigenvalue weighted by molar-refractivity contribution is 0.0546. The van der Waals surface area contributed by atoms with Crippen LogP contribution in [0.25, 0.3) is 0 Å². The first-order valence-electron chi connectivity index (χ1n) is 7.32. The van der Waals surface area contributed by atoms with E-state index < -0.39 is 0 Å². The second kappa shape index (κ2) is 6.95. The average molecular weight is 279 g/mol. The van der Waals surface area contributed by atoms with Gasteiger partial charge >= 0.3 is 0 Å². The second-order valence-corrected chi connectivity index (χ2v) is 5.55. The van der Waals surface area contributed by atoms with Crippen molar-refractivity contribution in [2.75, 3.05) is 20.3 Å². The lowest BCUT2D eigenvalue weighted by atomic mass is 9.92. The van der Waals surface area contributed by atoms with Crippen molar-refractivity contribution in [3.8, 4) is 11.5 Å². The first-order valence-corrected chi connectivity index (χ1v) is 7.32. The van der Waals surface area contributed by atoms with E-state index in [1.165, 1.54) is 0 Å². The van der Waals surface area contributed by atoms with Gasteiger partial charge in [-0.3, -0.25) is 0 Å². The van der Waals surface area contributed by atoms with Crippen molar-refractivity contribution in [1.29, 1.82) is 0 Å². The first-order chi connectivity index (χ1) is 9.61. The molecule has 1 fully saturated rings. The fraction of sp³-hybridized carbons (Fsp3) is 0.625. The maximum atomic E-state index is 10.0. The van der Waals surface area contributed by atoms with Gasteiger partial charge in [-0.25, -0.2) is 0 Å². The maximum absolute atomic E-state index is 10.0. The molecule has 1 aliphatic rings. The predicted molar refractivity (Wildman–Crippen MR) is 79.2 cm³/mol. The van der Waals surface area contributed by atoms with E-state index in [1.807, 2.05) is 6.07 Å². The molecule has 2 N–H and O–H groups in total. The van der Waals surface area contributed by atoms with Crippen LogP contribution in [0, 0.1) is 5.92 Å². The maximum Gasteiger partial charge on any atom is 0.120 e. The summed E-state index contributed by atoms with van der Waals surface area (Å²) in [6.07, 6.45) is 2.20. The molecular formula is C16H25NO3. The predicted octanol–water partition coefficient (Wildman–Crippen LogP) is 2.87. The summed E-state index contributed by atoms with van der Waals surface area (Å²) in [4.78, 5) is 0. The van der Waals surface area contributed by atoms with Crippen molar-refractivity contribution in [2.24, 2.45) is 5.92 Å². The summed E-state index contributed by atoms with van der Waals surface area (Å²) < 4.78 is 10.6. The van der Waals surface area contributed by atoms with E-state index in [4.69, 9.17) is 9.47 Å². The highest BCUT2D eigenvalue weighted by Gasteiger charge is 2.22. The minimum atomic E-state index is 0.0861. The zero-order valence-electron chi connectivity index (χ0n) is 12.6. The molecule has 0 radical (unpaired) electrons. The zero-order chi connectivity index (χ0) is 14.5. The van der Waals surface area contributed by atoms with Crippen LogP contribution in [-0.2, 0) is 4.74 Å². The molecule has 0 spiro atoms. The highest BCUT2D eigenvalue weighted by atomic mass is 16.5. The Labute approximate surface area is 121 Å². The van der Waals surface area contributed by atoms with Gasteiger partial charge in [0, 0.05) is 30.9 Å². The van der Waals surface area contributed by atoms with Gasteiger partial charge in [-0.2, -0.15) is 0 Å². The summed E-state index contributed by atoms with van der Waals surface area (Å²) in [5.74, 6) is 1.72. The molecule has 1 aromatic carbocycles. The fourth-order valence-electron chi connectivity index (χ4n) is 2.84. The van der Waals surface area contributed by atoms with Gasteiger partial charge in [-0.1, -0.05) is 0 Å². The Bertz CT molecular complexity index is 430. The smallest absolute Gasteiger partial charge is 0.120 e. The van der Waals surface area contributed by atoms with E-state index in [1.54, 1.807) is 19.2 Å². The van der Waals surface area contributed by atoms with Crippen LogP contribution in [0.4, 0.5) is 0 Å². The normalized spacial score (nSPS) is 19.6. The van der Waals surface area contributed by atoms with Crippen LogP contribution in [0.3, 0.4) is 0 Å². The van der Waals surface area contributed by atoms with Crippen LogP contribution >= 0.6 is 0 Å². The van der Waals surface area contributed by atoms with Gasteiger partial charge < -0.3 is 19.9 Å². The van der Waals surface area contributed by atoms with Gasteiger partial charge in [0.2, 0.25) is 0 Å². The molecular weight excluding hydrogens is 254 g/mol. The quantitative estimate of drug-likeness (QED) is 0.870. The van der Waals surface area contributed by atoms with Gasteiger partial charge in [0.25, 0.3) is 0 Å². The number of hydrogen-bond acceptors (Lipinski definition) is 4. The number of phenols is 1. The molecule has 0 saturated carbocycles. The molecule has 2 atom stereocenters. The van der Waals surface area contributed by atoms with Gasteiger partial charge in [0.05, 0.1) is 7.11 Å². The molecule has 1 heterocycles. The molecule has 1 saturated heterocycles. The van der Waals surface area contributed by atoms with E-state index in [9.17, 15) is 5.11 Å². The van der Waals surface area contributed by atoms with Gasteiger partial charge in [-0.15, -0.1) is 0 Å². The Kier molecular flexibility index (Phi) is 5.26. The third-order valence-corrected chi connectivity index (χ3v) is 4.19. The number of phenolic OH excluding ortho intramolecular Hbond substituents is 1. The Morgan fingerprint density at radius 1 is 1.30 bits per heavy atom. The van der Waals surface area contributed by atoms with Crippen LogP contribution in [0.2, 0.25) is 0 Å². The van der Waals surface area contributed by atoms with E-state index in [0.29, 0.717) is 17.7 Å². The fourth-order valence-corrected chi connectivity index (χ4v) is 2.84. The number of ether oxygens (including phenoxy) is 2. The number of hydrogen-bond donors (Lipinski definition) is 2. The summed E-state index contributed by atoms with van der Waals surface area (Å²) in [6, 6.07) is 5.84. The highest BCUT2D eigenvalue weighted by molar-refractivity contribution is 5.41. The molecule has 0 aromatic heterocycles. The first kappa shape index (κ1) is 15.1. The average Bonchev–Trinajstić information content (AvgIpc) is 2.48. The summed E-state index contributed by atoms with van der Waals surface area (Å²) in [5, 5.41) is 13.6. The van der Waals surface area contributed by atoms with Crippen LogP contribution < -0.4 is 10.1 Å². The van der Waals surface area contributed by atoms with Crippen molar-refractivity contribution < 1.29 is 14.6 Å². The molecule has 2 rings (SSSR count). The second-order valence-electron chi connectivity index (χ2n) is 5.55. The van der Waals surface area contributed by atoms with Gasteiger partial charge in [-0.05, 0) is 50.8 Å². The minimum Gasteiger partial charge on any atom is -0.508 e.